The Balaban J connectivity index is 1.73. The number of para-hydroxylation sites is 1. The number of thiazole rings is 1. The molecule has 0 saturated carbocycles. The van der Waals surface area contributed by atoms with E-state index in [1.54, 1.807) is 18.8 Å². The Kier molecular flexibility index (Phi) is 6.22. The first kappa shape index (κ1) is 22.4. The van der Waals surface area contributed by atoms with Crippen LogP contribution in [0.25, 0.3) is 11.8 Å². The molecule has 0 N–H and O–H groups in total. The molecule has 5 rings (SSSR count). The summed E-state index contributed by atoms with van der Waals surface area (Å²) in [6.07, 6.45) is 3.89. The van der Waals surface area contributed by atoms with Gasteiger partial charge in [0.15, 0.2) is 16.3 Å². The van der Waals surface area contributed by atoms with Crippen LogP contribution in [-0.4, -0.2) is 18.8 Å². The molecule has 0 aliphatic carbocycles. The van der Waals surface area contributed by atoms with Gasteiger partial charge in [0.25, 0.3) is 5.56 Å². The topological polar surface area (TPSA) is 52.8 Å². The van der Waals surface area contributed by atoms with Gasteiger partial charge < -0.3 is 9.47 Å². The highest BCUT2D eigenvalue weighted by molar-refractivity contribution is 9.10. The summed E-state index contributed by atoms with van der Waals surface area (Å²) >= 11 is 4.87. The van der Waals surface area contributed by atoms with Crippen molar-refractivity contribution in [3.05, 3.63) is 120 Å². The third kappa shape index (κ3) is 4.13. The lowest BCUT2D eigenvalue weighted by Gasteiger charge is -2.19. The van der Waals surface area contributed by atoms with Crippen LogP contribution in [0.1, 0.15) is 22.7 Å². The molecule has 0 fully saturated rings. The zero-order chi connectivity index (χ0) is 23.7. The first-order chi connectivity index (χ1) is 16.6. The van der Waals surface area contributed by atoms with Crippen molar-refractivity contribution >= 4 is 39.0 Å². The number of rotatable bonds is 5. The van der Waals surface area contributed by atoms with Gasteiger partial charge >= 0.3 is 0 Å². The number of hydrogen-bond donors (Lipinski definition) is 0. The highest BCUT2D eigenvalue weighted by atomic mass is 79.9. The molecule has 7 heteroatoms. The normalized spacial score (nSPS) is 15.3. The van der Waals surface area contributed by atoms with E-state index in [-0.39, 0.29) is 11.6 Å². The second-order valence-corrected chi connectivity index (χ2v) is 9.60. The summed E-state index contributed by atoms with van der Waals surface area (Å²) in [4.78, 5) is 19.2. The van der Waals surface area contributed by atoms with Gasteiger partial charge in [0.05, 0.1) is 30.5 Å². The predicted molar refractivity (Wildman–Crippen MR) is 139 cm³/mol. The molecule has 34 heavy (non-hydrogen) atoms. The average molecular weight is 533 g/mol. The van der Waals surface area contributed by atoms with Gasteiger partial charge in [0, 0.05) is 10.0 Å². The van der Waals surface area contributed by atoms with Crippen LogP contribution in [0, 0.1) is 0 Å². The molecule has 1 aliphatic rings. The predicted octanol–water partition coefficient (Wildman–Crippen LogP) is 4.78. The molecule has 1 atom stereocenters. The summed E-state index contributed by atoms with van der Waals surface area (Å²) in [7, 11) is 3.19. The van der Waals surface area contributed by atoms with Gasteiger partial charge in [-0.05, 0) is 41.5 Å². The third-order valence-corrected chi connectivity index (χ3v) is 7.16. The van der Waals surface area contributed by atoms with Crippen molar-refractivity contribution in [3.63, 3.8) is 0 Å². The number of halogens is 1. The van der Waals surface area contributed by atoms with Gasteiger partial charge in [0.1, 0.15) is 0 Å². The largest absolute Gasteiger partial charge is 0.493 e. The number of benzene rings is 3. The van der Waals surface area contributed by atoms with Crippen LogP contribution in [0.3, 0.4) is 0 Å². The first-order valence-corrected chi connectivity index (χ1v) is 12.3. The van der Waals surface area contributed by atoms with Crippen molar-refractivity contribution in [2.45, 2.75) is 6.04 Å². The molecular formula is C27H21BrN2O3S. The van der Waals surface area contributed by atoms with Crippen LogP contribution in [0.15, 0.2) is 93.1 Å². The fourth-order valence-electron chi connectivity index (χ4n) is 4.02. The Hall–Kier alpha value is -3.42. The van der Waals surface area contributed by atoms with E-state index in [0.717, 1.165) is 26.9 Å². The maximum atomic E-state index is 13.6. The lowest BCUT2D eigenvalue weighted by Crippen LogP contribution is -2.36. The second kappa shape index (κ2) is 9.44. The summed E-state index contributed by atoms with van der Waals surface area (Å²) in [6.45, 7) is 0. The first-order valence-electron chi connectivity index (χ1n) is 10.6. The van der Waals surface area contributed by atoms with Gasteiger partial charge in [-0.1, -0.05) is 81.9 Å². The fourth-order valence-corrected chi connectivity index (χ4v) is 5.29. The molecule has 2 heterocycles. The monoisotopic (exact) mass is 532 g/mol. The van der Waals surface area contributed by atoms with E-state index in [9.17, 15) is 4.79 Å². The van der Waals surface area contributed by atoms with Crippen LogP contribution in [-0.2, 0) is 0 Å². The molecule has 3 aromatic carbocycles. The van der Waals surface area contributed by atoms with Crippen molar-refractivity contribution in [3.8, 4) is 11.5 Å². The van der Waals surface area contributed by atoms with Gasteiger partial charge in [-0.3, -0.25) is 9.36 Å². The Morgan fingerprint density at radius 2 is 1.74 bits per heavy atom. The molecule has 0 radical (unpaired) electrons. The van der Waals surface area contributed by atoms with Crippen LogP contribution in [0.2, 0.25) is 0 Å². The Labute approximate surface area is 209 Å². The van der Waals surface area contributed by atoms with E-state index in [4.69, 9.17) is 14.5 Å². The van der Waals surface area contributed by atoms with Crippen LogP contribution >= 0.6 is 27.3 Å². The number of ether oxygens (including phenoxy) is 2. The second-order valence-electron chi connectivity index (χ2n) is 7.68. The SMILES string of the molecule is COc1cccc(C=c2sc3n(c2=O)C(c2ccc(Br)cc2)C=C(c2ccccc2)N=3)c1OC. The molecule has 0 spiro atoms. The number of aromatic nitrogens is 1. The van der Waals surface area contributed by atoms with E-state index in [1.165, 1.54) is 11.3 Å². The number of methoxy groups -OCH3 is 2. The van der Waals surface area contributed by atoms with Crippen molar-refractivity contribution in [2.75, 3.05) is 14.2 Å². The Morgan fingerprint density at radius 1 is 0.971 bits per heavy atom. The van der Waals surface area contributed by atoms with Crippen molar-refractivity contribution < 1.29 is 9.47 Å². The van der Waals surface area contributed by atoms with E-state index in [2.05, 4.69) is 22.0 Å². The highest BCUT2D eigenvalue weighted by Crippen LogP contribution is 2.31. The zero-order valence-corrected chi connectivity index (χ0v) is 21.0. The van der Waals surface area contributed by atoms with Crippen molar-refractivity contribution in [1.29, 1.82) is 0 Å². The molecule has 1 aliphatic heterocycles. The Morgan fingerprint density at radius 3 is 2.44 bits per heavy atom. The third-order valence-electron chi connectivity index (χ3n) is 5.65. The number of nitrogens with zero attached hydrogens (tertiary/aromatic N) is 2. The van der Waals surface area contributed by atoms with Gasteiger partial charge in [0.2, 0.25) is 0 Å². The van der Waals surface area contributed by atoms with E-state index in [0.29, 0.717) is 20.8 Å². The highest BCUT2D eigenvalue weighted by Gasteiger charge is 2.22. The molecule has 170 valence electrons. The van der Waals surface area contributed by atoms with Crippen LogP contribution in [0.4, 0.5) is 0 Å². The number of fused-ring (bicyclic) bond motifs is 1. The van der Waals surface area contributed by atoms with Crippen molar-refractivity contribution in [1.82, 2.24) is 4.57 Å². The summed E-state index contributed by atoms with van der Waals surface area (Å²) in [5.41, 5.74) is 3.55. The van der Waals surface area contributed by atoms with Gasteiger partial charge in [-0.2, -0.15) is 0 Å². The Bertz CT molecular complexity index is 1550. The summed E-state index contributed by atoms with van der Waals surface area (Å²) < 4.78 is 14.3. The quantitative estimate of drug-likeness (QED) is 0.371. The summed E-state index contributed by atoms with van der Waals surface area (Å²) in [5.74, 6) is 1.20. The van der Waals surface area contributed by atoms with Gasteiger partial charge in [-0.15, -0.1) is 0 Å². The summed E-state index contributed by atoms with van der Waals surface area (Å²) in [5, 5.41) is 0. The summed E-state index contributed by atoms with van der Waals surface area (Å²) in [6, 6.07) is 23.4. The minimum absolute atomic E-state index is 0.0927. The fraction of sp³-hybridized carbons (Fsp3) is 0.111. The number of hydrogen-bond acceptors (Lipinski definition) is 5. The maximum Gasteiger partial charge on any atom is 0.271 e. The number of allylic oxidation sites excluding steroid dienone is 1. The molecule has 5 nitrogen and oxygen atoms in total. The maximum absolute atomic E-state index is 13.6. The molecule has 0 saturated heterocycles. The van der Waals surface area contributed by atoms with Gasteiger partial charge in [-0.25, -0.2) is 4.99 Å². The smallest absolute Gasteiger partial charge is 0.271 e. The average Bonchev–Trinajstić information content (AvgIpc) is 3.19. The molecule has 0 bridgehead atoms. The van der Waals surface area contributed by atoms with Crippen molar-refractivity contribution in [2.24, 2.45) is 4.99 Å². The molecular weight excluding hydrogens is 512 g/mol. The van der Waals surface area contributed by atoms with Crippen LogP contribution in [0.5, 0.6) is 11.5 Å². The molecule has 1 aromatic heterocycles. The zero-order valence-electron chi connectivity index (χ0n) is 18.6. The molecule has 0 amide bonds. The minimum atomic E-state index is -0.270. The van der Waals surface area contributed by atoms with Crippen LogP contribution < -0.4 is 24.4 Å². The van der Waals surface area contributed by atoms with E-state index >= 15 is 0 Å². The van der Waals surface area contributed by atoms with E-state index in [1.807, 2.05) is 78.9 Å². The minimum Gasteiger partial charge on any atom is -0.493 e. The standard InChI is InChI=1S/C27H21BrN2O3S/c1-32-23-10-6-9-19(25(23)33-2)15-24-26(31)30-22(18-11-13-20(28)14-12-18)16-21(29-27(30)34-24)17-7-4-3-5-8-17/h3-16,22H,1-2H3. The lowest BCUT2D eigenvalue weighted by atomic mass is 10.0. The molecule has 4 aromatic rings. The molecule has 1 unspecified atom stereocenters. The van der Waals surface area contributed by atoms with E-state index < -0.39 is 0 Å². The lowest BCUT2D eigenvalue weighted by molar-refractivity contribution is 0.354.